The van der Waals surface area contributed by atoms with Gasteiger partial charge in [-0.25, -0.2) is 0 Å². The third kappa shape index (κ3) is 4.68. The van der Waals surface area contributed by atoms with E-state index in [1.807, 2.05) is 28.8 Å². The van der Waals surface area contributed by atoms with Crippen LogP contribution in [0, 0.1) is 6.92 Å². The molecule has 0 amide bonds. The van der Waals surface area contributed by atoms with Gasteiger partial charge in [-0.2, -0.15) is 0 Å². The predicted octanol–water partition coefficient (Wildman–Crippen LogP) is 5.30. The van der Waals surface area contributed by atoms with Gasteiger partial charge in [0.05, 0.1) is 5.02 Å². The Balaban J connectivity index is 1.70. The third-order valence-corrected chi connectivity index (χ3v) is 5.14. The van der Waals surface area contributed by atoms with Crippen LogP contribution in [0.4, 0.5) is 0 Å². The number of ether oxygens (including phenoxy) is 1. The summed E-state index contributed by atoms with van der Waals surface area (Å²) in [7, 11) is 0. The summed E-state index contributed by atoms with van der Waals surface area (Å²) >= 11 is 7.79. The number of hydrogen-bond donors (Lipinski definition) is 0. The zero-order valence-electron chi connectivity index (χ0n) is 14.6. The van der Waals surface area contributed by atoms with Gasteiger partial charge in [-0.1, -0.05) is 71.4 Å². The lowest BCUT2D eigenvalue weighted by molar-refractivity contribution is 0.289. The van der Waals surface area contributed by atoms with Gasteiger partial charge >= 0.3 is 0 Å². The first kappa shape index (κ1) is 18.5. The van der Waals surface area contributed by atoms with E-state index < -0.39 is 0 Å². The van der Waals surface area contributed by atoms with Gasteiger partial charge in [-0.15, -0.1) is 16.8 Å². The standard InChI is InChI=1S/C20H20ClN3OS/c1-3-12-24-19(13-25-18-7-5-4-6-17(18)21)22-23-20(24)26-14-16-10-8-15(2)9-11-16/h3-11H,1,12-14H2,2H3. The number of benzene rings is 2. The first-order chi connectivity index (χ1) is 12.7. The Morgan fingerprint density at radius 1 is 1.15 bits per heavy atom. The maximum absolute atomic E-state index is 6.14. The molecule has 1 aromatic heterocycles. The Labute approximate surface area is 162 Å². The normalized spacial score (nSPS) is 10.7. The number of para-hydroxylation sites is 1. The van der Waals surface area contributed by atoms with Crippen molar-refractivity contribution in [1.29, 1.82) is 0 Å². The smallest absolute Gasteiger partial charge is 0.191 e. The van der Waals surface area contributed by atoms with Crippen LogP contribution in [-0.2, 0) is 18.9 Å². The molecule has 0 radical (unpaired) electrons. The summed E-state index contributed by atoms with van der Waals surface area (Å²) in [4.78, 5) is 0. The van der Waals surface area contributed by atoms with Crippen LogP contribution in [-0.4, -0.2) is 14.8 Å². The van der Waals surface area contributed by atoms with E-state index in [-0.39, 0.29) is 0 Å². The second-order valence-electron chi connectivity index (χ2n) is 5.79. The van der Waals surface area contributed by atoms with Gasteiger partial charge in [-0.05, 0) is 24.6 Å². The molecule has 6 heteroatoms. The molecular weight excluding hydrogens is 366 g/mol. The van der Waals surface area contributed by atoms with Gasteiger partial charge in [0, 0.05) is 12.3 Å². The molecule has 0 aliphatic heterocycles. The zero-order valence-corrected chi connectivity index (χ0v) is 16.1. The van der Waals surface area contributed by atoms with Crippen LogP contribution < -0.4 is 4.74 Å². The van der Waals surface area contributed by atoms with Crippen LogP contribution in [0.2, 0.25) is 5.02 Å². The molecule has 0 spiro atoms. The fourth-order valence-electron chi connectivity index (χ4n) is 2.38. The summed E-state index contributed by atoms with van der Waals surface area (Å²) in [6.45, 7) is 6.85. The van der Waals surface area contributed by atoms with E-state index in [9.17, 15) is 0 Å². The lowest BCUT2D eigenvalue weighted by atomic mass is 10.2. The number of nitrogens with zero attached hydrogens (tertiary/aromatic N) is 3. The Morgan fingerprint density at radius 3 is 2.65 bits per heavy atom. The molecule has 1 heterocycles. The van der Waals surface area contributed by atoms with Crippen molar-refractivity contribution in [1.82, 2.24) is 14.8 Å². The molecular formula is C20H20ClN3OS. The van der Waals surface area contributed by atoms with Gasteiger partial charge in [0.15, 0.2) is 11.0 Å². The lowest BCUT2D eigenvalue weighted by Crippen LogP contribution is -2.07. The van der Waals surface area contributed by atoms with Crippen LogP contribution in [0.5, 0.6) is 5.75 Å². The largest absolute Gasteiger partial charge is 0.484 e. The van der Waals surface area contributed by atoms with Gasteiger partial charge in [0.25, 0.3) is 0 Å². The topological polar surface area (TPSA) is 39.9 Å². The molecule has 0 aliphatic carbocycles. The molecule has 2 aromatic carbocycles. The van der Waals surface area contributed by atoms with E-state index in [1.165, 1.54) is 11.1 Å². The highest BCUT2D eigenvalue weighted by Gasteiger charge is 2.13. The van der Waals surface area contributed by atoms with Crippen LogP contribution in [0.15, 0.2) is 66.3 Å². The average Bonchev–Trinajstić information content (AvgIpc) is 3.03. The van der Waals surface area contributed by atoms with Crippen molar-refractivity contribution in [2.75, 3.05) is 0 Å². The molecule has 0 saturated carbocycles. The molecule has 0 atom stereocenters. The summed E-state index contributed by atoms with van der Waals surface area (Å²) < 4.78 is 7.82. The highest BCUT2D eigenvalue weighted by molar-refractivity contribution is 7.98. The zero-order chi connectivity index (χ0) is 18.4. The second kappa shape index (κ2) is 8.92. The van der Waals surface area contributed by atoms with E-state index in [1.54, 1.807) is 17.8 Å². The fourth-order valence-corrected chi connectivity index (χ4v) is 3.49. The van der Waals surface area contributed by atoms with Crippen molar-refractivity contribution in [2.45, 2.75) is 31.0 Å². The first-order valence-corrected chi connectivity index (χ1v) is 9.62. The number of allylic oxidation sites excluding steroid dienone is 1. The number of halogens is 1. The van der Waals surface area contributed by atoms with Gasteiger partial charge < -0.3 is 4.74 Å². The van der Waals surface area contributed by atoms with Gasteiger partial charge in [0.1, 0.15) is 12.4 Å². The minimum absolute atomic E-state index is 0.301. The average molecular weight is 386 g/mol. The molecule has 0 N–H and O–H groups in total. The van der Waals surface area contributed by atoms with E-state index in [4.69, 9.17) is 16.3 Å². The molecule has 0 aliphatic rings. The molecule has 26 heavy (non-hydrogen) atoms. The van der Waals surface area contributed by atoms with Crippen molar-refractivity contribution >= 4 is 23.4 Å². The van der Waals surface area contributed by atoms with Crippen LogP contribution in [0.3, 0.4) is 0 Å². The van der Waals surface area contributed by atoms with E-state index in [0.717, 1.165) is 16.7 Å². The minimum Gasteiger partial charge on any atom is -0.484 e. The quantitative estimate of drug-likeness (QED) is 0.390. The predicted molar refractivity (Wildman–Crippen MR) is 107 cm³/mol. The number of rotatable bonds is 8. The Bertz CT molecular complexity index is 877. The number of thioether (sulfide) groups is 1. The number of aromatic nitrogens is 3. The number of hydrogen-bond acceptors (Lipinski definition) is 4. The maximum Gasteiger partial charge on any atom is 0.191 e. The highest BCUT2D eigenvalue weighted by atomic mass is 35.5. The van der Waals surface area contributed by atoms with Crippen molar-refractivity contribution < 1.29 is 4.74 Å². The van der Waals surface area contributed by atoms with Gasteiger partial charge in [-0.3, -0.25) is 4.57 Å². The van der Waals surface area contributed by atoms with Crippen molar-refractivity contribution in [3.05, 3.63) is 83.2 Å². The summed E-state index contributed by atoms with van der Waals surface area (Å²) in [5.41, 5.74) is 2.51. The summed E-state index contributed by atoms with van der Waals surface area (Å²) in [5.74, 6) is 2.22. The van der Waals surface area contributed by atoms with E-state index in [0.29, 0.717) is 23.9 Å². The molecule has 0 unspecified atom stereocenters. The third-order valence-electron chi connectivity index (χ3n) is 3.79. The van der Waals surface area contributed by atoms with Crippen LogP contribution in [0.1, 0.15) is 17.0 Å². The van der Waals surface area contributed by atoms with Crippen molar-refractivity contribution in [3.63, 3.8) is 0 Å². The Hall–Kier alpha value is -2.24. The Kier molecular flexibility index (Phi) is 6.36. The Morgan fingerprint density at radius 2 is 1.92 bits per heavy atom. The van der Waals surface area contributed by atoms with E-state index in [2.05, 4.69) is 48.0 Å². The molecule has 3 aromatic rings. The maximum atomic E-state index is 6.14. The fraction of sp³-hybridized carbons (Fsp3) is 0.200. The summed E-state index contributed by atoms with van der Waals surface area (Å²) in [6, 6.07) is 15.9. The van der Waals surface area contributed by atoms with Crippen molar-refractivity contribution in [3.8, 4) is 5.75 Å². The molecule has 4 nitrogen and oxygen atoms in total. The van der Waals surface area contributed by atoms with Crippen LogP contribution in [0.25, 0.3) is 0 Å². The van der Waals surface area contributed by atoms with Crippen LogP contribution >= 0.6 is 23.4 Å². The summed E-state index contributed by atoms with van der Waals surface area (Å²) in [5, 5.41) is 10.0. The molecule has 0 fully saturated rings. The highest BCUT2D eigenvalue weighted by Crippen LogP contribution is 2.26. The first-order valence-electron chi connectivity index (χ1n) is 8.26. The molecule has 0 bridgehead atoms. The molecule has 0 saturated heterocycles. The van der Waals surface area contributed by atoms with E-state index >= 15 is 0 Å². The number of aryl methyl sites for hydroxylation is 1. The van der Waals surface area contributed by atoms with Gasteiger partial charge in [0.2, 0.25) is 0 Å². The monoisotopic (exact) mass is 385 g/mol. The SMILES string of the molecule is C=CCn1c(COc2ccccc2Cl)nnc1SCc1ccc(C)cc1. The minimum atomic E-state index is 0.301. The van der Waals surface area contributed by atoms with Crippen molar-refractivity contribution in [2.24, 2.45) is 0 Å². The summed E-state index contributed by atoms with van der Waals surface area (Å²) in [6.07, 6.45) is 1.83. The molecule has 3 rings (SSSR count). The molecule has 134 valence electrons. The lowest BCUT2D eigenvalue weighted by Gasteiger charge is -2.10. The second-order valence-corrected chi connectivity index (χ2v) is 7.14.